The number of hydrogen-bond donors (Lipinski definition) is 1. The van der Waals surface area contributed by atoms with Crippen molar-refractivity contribution in [2.75, 3.05) is 18.0 Å². The maximum absolute atomic E-state index is 11.1. The maximum Gasteiger partial charge on any atom is 0.153 e. The van der Waals surface area contributed by atoms with Crippen molar-refractivity contribution < 1.29 is 9.90 Å². The van der Waals surface area contributed by atoms with Gasteiger partial charge in [0, 0.05) is 25.2 Å². The molecule has 102 valence electrons. The van der Waals surface area contributed by atoms with E-state index in [2.05, 4.69) is 9.88 Å². The zero-order chi connectivity index (χ0) is 13.3. The minimum Gasteiger partial charge on any atom is -0.389 e. The maximum atomic E-state index is 11.1. The molecule has 2 heterocycles. The zero-order valence-electron chi connectivity index (χ0n) is 11.1. The van der Waals surface area contributed by atoms with E-state index >= 15 is 0 Å². The van der Waals surface area contributed by atoms with Crippen LogP contribution in [-0.4, -0.2) is 35.1 Å². The summed E-state index contributed by atoms with van der Waals surface area (Å²) in [6.45, 7) is 1.60. The van der Waals surface area contributed by atoms with Crippen LogP contribution in [0, 0.1) is 5.92 Å². The molecule has 2 aliphatic rings. The number of nitrogens with zero attached hydrogens (tertiary/aromatic N) is 2. The van der Waals surface area contributed by atoms with E-state index in [0.717, 1.165) is 50.9 Å². The van der Waals surface area contributed by atoms with Crippen LogP contribution in [0.4, 0.5) is 5.82 Å². The number of piperidine rings is 1. The Morgan fingerprint density at radius 2 is 2.32 bits per heavy atom. The molecule has 0 radical (unpaired) electrons. The van der Waals surface area contributed by atoms with Gasteiger partial charge < -0.3 is 10.0 Å². The van der Waals surface area contributed by atoms with Crippen molar-refractivity contribution in [3.8, 4) is 0 Å². The average Bonchev–Trinajstić information content (AvgIpc) is 2.46. The lowest BCUT2D eigenvalue weighted by Crippen LogP contribution is -2.53. The van der Waals surface area contributed by atoms with Crippen molar-refractivity contribution in [3.05, 3.63) is 23.9 Å². The first-order valence-corrected chi connectivity index (χ1v) is 7.10. The van der Waals surface area contributed by atoms with E-state index in [4.69, 9.17) is 0 Å². The second kappa shape index (κ2) is 4.93. The molecule has 4 heteroatoms. The Kier molecular flexibility index (Phi) is 3.27. The summed E-state index contributed by atoms with van der Waals surface area (Å²) in [7, 11) is 0. The summed E-state index contributed by atoms with van der Waals surface area (Å²) in [4.78, 5) is 17.6. The van der Waals surface area contributed by atoms with Gasteiger partial charge in [0.2, 0.25) is 0 Å². The third-order valence-corrected chi connectivity index (χ3v) is 4.67. The van der Waals surface area contributed by atoms with Crippen molar-refractivity contribution >= 4 is 12.1 Å². The summed E-state index contributed by atoms with van der Waals surface area (Å²) in [5.41, 5.74) is 0.161. The summed E-state index contributed by atoms with van der Waals surface area (Å²) in [6, 6.07) is 3.59. The van der Waals surface area contributed by atoms with E-state index in [0.29, 0.717) is 11.5 Å². The van der Waals surface area contributed by atoms with Crippen molar-refractivity contribution in [2.24, 2.45) is 5.92 Å². The molecule has 19 heavy (non-hydrogen) atoms. The second-order valence-electron chi connectivity index (χ2n) is 5.78. The first-order valence-electron chi connectivity index (χ1n) is 7.10. The van der Waals surface area contributed by atoms with Gasteiger partial charge in [0.25, 0.3) is 0 Å². The van der Waals surface area contributed by atoms with E-state index in [1.165, 1.54) is 6.42 Å². The molecule has 1 aliphatic heterocycles. The van der Waals surface area contributed by atoms with E-state index in [-0.39, 0.29) is 0 Å². The molecule has 2 atom stereocenters. The standard InChI is InChI=1S/C15H20N2O2/c18-11-12-4-3-8-16-14(12)17-9-7-15(19)6-2-1-5-13(15)10-17/h3-4,8,11,13,19H,1-2,5-7,9-10H2. The molecule has 4 nitrogen and oxygen atoms in total. The Morgan fingerprint density at radius 1 is 1.42 bits per heavy atom. The number of hydrogen-bond acceptors (Lipinski definition) is 4. The number of aldehydes is 1. The molecule has 3 rings (SSSR count). The Labute approximate surface area is 113 Å². The molecule has 0 aromatic carbocycles. The number of anilines is 1. The predicted molar refractivity (Wildman–Crippen MR) is 73.4 cm³/mol. The molecule has 0 spiro atoms. The summed E-state index contributed by atoms with van der Waals surface area (Å²) < 4.78 is 0. The molecule has 1 saturated carbocycles. The third-order valence-electron chi connectivity index (χ3n) is 4.67. The number of fused-ring (bicyclic) bond motifs is 1. The van der Waals surface area contributed by atoms with Gasteiger partial charge in [0.1, 0.15) is 5.82 Å². The van der Waals surface area contributed by atoms with Crippen LogP contribution in [0.5, 0.6) is 0 Å². The molecule has 1 N–H and O–H groups in total. The van der Waals surface area contributed by atoms with E-state index in [1.54, 1.807) is 18.3 Å². The molecule has 2 unspecified atom stereocenters. The normalized spacial score (nSPS) is 30.8. The molecular weight excluding hydrogens is 240 g/mol. The molecule has 2 fully saturated rings. The van der Waals surface area contributed by atoms with Crippen molar-refractivity contribution in [1.29, 1.82) is 0 Å². The summed E-state index contributed by atoms with van der Waals surface area (Å²) in [5, 5.41) is 10.7. The molecule has 1 aliphatic carbocycles. The third kappa shape index (κ3) is 2.25. The Hall–Kier alpha value is -1.42. The van der Waals surface area contributed by atoms with Crippen molar-refractivity contribution in [3.63, 3.8) is 0 Å². The lowest BCUT2D eigenvalue weighted by molar-refractivity contribution is -0.0613. The van der Waals surface area contributed by atoms with Crippen LogP contribution in [0.15, 0.2) is 18.3 Å². The fourth-order valence-electron chi connectivity index (χ4n) is 3.53. The molecular formula is C15H20N2O2. The molecule has 1 saturated heterocycles. The Balaban J connectivity index is 1.82. The number of rotatable bonds is 2. The van der Waals surface area contributed by atoms with Gasteiger partial charge in [0.15, 0.2) is 6.29 Å². The largest absolute Gasteiger partial charge is 0.389 e. The lowest BCUT2D eigenvalue weighted by atomic mass is 9.71. The van der Waals surface area contributed by atoms with Gasteiger partial charge in [-0.25, -0.2) is 4.98 Å². The highest BCUT2D eigenvalue weighted by Crippen LogP contribution is 2.40. The number of carbonyl (C=O) groups is 1. The summed E-state index contributed by atoms with van der Waals surface area (Å²) in [5.74, 6) is 1.08. The second-order valence-corrected chi connectivity index (χ2v) is 5.78. The van der Waals surface area contributed by atoms with E-state index in [1.807, 2.05) is 0 Å². The molecule has 1 aromatic heterocycles. The lowest BCUT2D eigenvalue weighted by Gasteiger charge is -2.47. The van der Waals surface area contributed by atoms with Crippen LogP contribution in [-0.2, 0) is 0 Å². The minimum atomic E-state index is -0.481. The average molecular weight is 260 g/mol. The van der Waals surface area contributed by atoms with Gasteiger partial charge in [-0.05, 0) is 31.4 Å². The minimum absolute atomic E-state index is 0.316. The molecule has 1 aromatic rings. The monoisotopic (exact) mass is 260 g/mol. The van der Waals surface area contributed by atoms with Gasteiger partial charge in [0.05, 0.1) is 11.2 Å². The smallest absolute Gasteiger partial charge is 0.153 e. The van der Waals surface area contributed by atoms with Crippen molar-refractivity contribution in [1.82, 2.24) is 4.98 Å². The quantitative estimate of drug-likeness (QED) is 0.827. The fraction of sp³-hybridized carbons (Fsp3) is 0.600. The van der Waals surface area contributed by atoms with Gasteiger partial charge >= 0.3 is 0 Å². The van der Waals surface area contributed by atoms with Crippen molar-refractivity contribution in [2.45, 2.75) is 37.7 Å². The molecule has 0 amide bonds. The van der Waals surface area contributed by atoms with Gasteiger partial charge in [-0.15, -0.1) is 0 Å². The summed E-state index contributed by atoms with van der Waals surface area (Å²) >= 11 is 0. The van der Waals surface area contributed by atoms with Gasteiger partial charge in [-0.1, -0.05) is 12.8 Å². The molecule has 0 bridgehead atoms. The van der Waals surface area contributed by atoms with Crippen LogP contribution < -0.4 is 4.90 Å². The van der Waals surface area contributed by atoms with E-state index in [9.17, 15) is 9.90 Å². The summed E-state index contributed by atoms with van der Waals surface area (Å²) in [6.07, 6.45) is 7.71. The SMILES string of the molecule is O=Cc1cccnc1N1CCC2(O)CCCCC2C1. The Morgan fingerprint density at radius 3 is 3.16 bits per heavy atom. The highest BCUT2D eigenvalue weighted by molar-refractivity contribution is 5.82. The van der Waals surface area contributed by atoms with Crippen LogP contribution >= 0.6 is 0 Å². The van der Waals surface area contributed by atoms with E-state index < -0.39 is 5.60 Å². The topological polar surface area (TPSA) is 53.4 Å². The highest BCUT2D eigenvalue weighted by atomic mass is 16.3. The Bertz CT molecular complexity index is 477. The predicted octanol–water partition coefficient (Wildman–Crippen LogP) is 2.03. The number of pyridine rings is 1. The van der Waals surface area contributed by atoms with Crippen LogP contribution in [0.2, 0.25) is 0 Å². The first kappa shape index (κ1) is 12.6. The fourth-order valence-corrected chi connectivity index (χ4v) is 3.53. The van der Waals surface area contributed by atoms with Crippen LogP contribution in [0.3, 0.4) is 0 Å². The number of aromatic nitrogens is 1. The highest BCUT2D eigenvalue weighted by Gasteiger charge is 2.43. The van der Waals surface area contributed by atoms with Gasteiger partial charge in [-0.3, -0.25) is 4.79 Å². The number of aliphatic hydroxyl groups is 1. The first-order chi connectivity index (χ1) is 9.23. The van der Waals surface area contributed by atoms with Crippen LogP contribution in [0.25, 0.3) is 0 Å². The zero-order valence-corrected chi connectivity index (χ0v) is 11.1. The number of carbonyl (C=O) groups excluding carboxylic acids is 1. The van der Waals surface area contributed by atoms with Crippen LogP contribution in [0.1, 0.15) is 42.5 Å². The van der Waals surface area contributed by atoms with Gasteiger partial charge in [-0.2, -0.15) is 0 Å².